The van der Waals surface area contributed by atoms with E-state index in [1.807, 2.05) is 0 Å². The van der Waals surface area contributed by atoms with Crippen molar-refractivity contribution in [2.45, 2.75) is 26.9 Å². The minimum Gasteiger partial charge on any atom is -0.459 e. The molecule has 0 saturated carbocycles. The van der Waals surface area contributed by atoms with Gasteiger partial charge < -0.3 is 4.74 Å². The van der Waals surface area contributed by atoms with Crippen molar-refractivity contribution in [3.63, 3.8) is 0 Å². The van der Waals surface area contributed by atoms with Crippen LogP contribution in [0.3, 0.4) is 0 Å². The Labute approximate surface area is 66.0 Å². The van der Waals surface area contributed by atoms with Crippen LogP contribution in [0, 0.1) is 0 Å². The summed E-state index contributed by atoms with van der Waals surface area (Å²) in [5.74, 6) is -0.394. The molecule has 0 aliphatic rings. The lowest BCUT2D eigenvalue weighted by Gasteiger charge is -2.04. The summed E-state index contributed by atoms with van der Waals surface area (Å²) < 4.78 is 4.72. The molecule has 3 nitrogen and oxygen atoms in total. The lowest BCUT2D eigenvalue weighted by atomic mass is 10.3. The Kier molecular flexibility index (Phi) is 4.18. The second-order valence-corrected chi connectivity index (χ2v) is 2.28. The number of hydrogen-bond donors (Lipinski definition) is 0. The van der Waals surface area contributed by atoms with Crippen LogP contribution in [-0.4, -0.2) is 17.9 Å². The first kappa shape index (κ1) is 9.88. The Bertz CT molecular complexity index is 182. The third-order valence-electron chi connectivity index (χ3n) is 0.954. The zero-order chi connectivity index (χ0) is 8.85. The summed E-state index contributed by atoms with van der Waals surface area (Å²) in [6.45, 7) is 4.47. The maximum Gasteiger partial charge on any atom is 0.303 e. The molecule has 0 heterocycles. The van der Waals surface area contributed by atoms with Crippen molar-refractivity contribution in [2.75, 3.05) is 0 Å². The molecule has 0 aliphatic carbocycles. The van der Waals surface area contributed by atoms with Gasteiger partial charge in [-0.15, -0.1) is 0 Å². The summed E-state index contributed by atoms with van der Waals surface area (Å²) in [4.78, 5) is 20.8. The third-order valence-corrected chi connectivity index (χ3v) is 0.954. The van der Waals surface area contributed by atoms with Crippen molar-refractivity contribution in [1.82, 2.24) is 0 Å². The summed E-state index contributed by atoms with van der Waals surface area (Å²) >= 11 is 0. The first-order valence-electron chi connectivity index (χ1n) is 3.38. The summed E-state index contributed by atoms with van der Waals surface area (Å²) in [5.41, 5.74) is 0. The van der Waals surface area contributed by atoms with Gasteiger partial charge in [-0.05, 0) is 26.0 Å². The van der Waals surface area contributed by atoms with Gasteiger partial charge in [-0.1, -0.05) is 0 Å². The SMILES string of the molecule is CC(=O)/C=C\[C@H](C)OC(C)=O. The monoisotopic (exact) mass is 156 g/mol. The van der Waals surface area contributed by atoms with Crippen LogP contribution in [-0.2, 0) is 14.3 Å². The lowest BCUT2D eigenvalue weighted by molar-refractivity contribution is -0.143. The van der Waals surface area contributed by atoms with Crippen molar-refractivity contribution >= 4 is 11.8 Å². The predicted molar refractivity (Wildman–Crippen MR) is 41.0 cm³/mol. The molecule has 0 rings (SSSR count). The summed E-state index contributed by atoms with van der Waals surface area (Å²) in [7, 11) is 0. The Morgan fingerprint density at radius 3 is 2.27 bits per heavy atom. The second kappa shape index (κ2) is 4.66. The van der Waals surface area contributed by atoms with Crippen molar-refractivity contribution in [3.05, 3.63) is 12.2 Å². The number of ketones is 1. The first-order chi connectivity index (χ1) is 5.02. The molecule has 3 heteroatoms. The van der Waals surface area contributed by atoms with Gasteiger partial charge in [0.1, 0.15) is 6.10 Å². The number of allylic oxidation sites excluding steroid dienone is 1. The van der Waals surface area contributed by atoms with Gasteiger partial charge in [-0.2, -0.15) is 0 Å². The number of esters is 1. The Hall–Kier alpha value is -1.12. The van der Waals surface area contributed by atoms with Gasteiger partial charge in [0.05, 0.1) is 0 Å². The van der Waals surface area contributed by atoms with Gasteiger partial charge in [0, 0.05) is 6.92 Å². The summed E-state index contributed by atoms with van der Waals surface area (Å²) in [6, 6.07) is 0. The van der Waals surface area contributed by atoms with Gasteiger partial charge in [0.2, 0.25) is 0 Å². The van der Waals surface area contributed by atoms with Crippen molar-refractivity contribution in [1.29, 1.82) is 0 Å². The van der Waals surface area contributed by atoms with Gasteiger partial charge in [0.15, 0.2) is 5.78 Å². The van der Waals surface area contributed by atoms with Gasteiger partial charge >= 0.3 is 5.97 Å². The van der Waals surface area contributed by atoms with Gasteiger partial charge in [-0.3, -0.25) is 9.59 Å². The number of ether oxygens (including phenoxy) is 1. The molecule has 0 radical (unpaired) electrons. The molecule has 0 aromatic heterocycles. The van der Waals surface area contributed by atoms with E-state index in [0.717, 1.165) is 0 Å². The van der Waals surface area contributed by atoms with Crippen LogP contribution < -0.4 is 0 Å². The molecule has 0 saturated heterocycles. The average Bonchev–Trinajstić information content (AvgIpc) is 1.82. The minimum atomic E-state index is -0.342. The maximum atomic E-state index is 10.4. The highest BCUT2D eigenvalue weighted by molar-refractivity contribution is 5.87. The second-order valence-electron chi connectivity index (χ2n) is 2.28. The van der Waals surface area contributed by atoms with Crippen molar-refractivity contribution < 1.29 is 14.3 Å². The molecule has 0 unspecified atom stereocenters. The van der Waals surface area contributed by atoms with Crippen LogP contribution in [0.1, 0.15) is 20.8 Å². The molecule has 0 aromatic rings. The van der Waals surface area contributed by atoms with Gasteiger partial charge in [0.25, 0.3) is 0 Å². The number of carbonyl (C=O) groups excluding carboxylic acids is 2. The van der Waals surface area contributed by atoms with Gasteiger partial charge in [-0.25, -0.2) is 0 Å². The zero-order valence-electron chi connectivity index (χ0n) is 6.96. The number of rotatable bonds is 3. The number of carbonyl (C=O) groups is 2. The molecule has 0 aliphatic heterocycles. The van der Waals surface area contributed by atoms with Crippen LogP contribution in [0.15, 0.2) is 12.2 Å². The Balaban J connectivity index is 3.77. The molecule has 62 valence electrons. The summed E-state index contributed by atoms with van der Waals surface area (Å²) in [6.07, 6.45) is 2.61. The van der Waals surface area contributed by atoms with E-state index < -0.39 is 0 Å². The predicted octanol–water partition coefficient (Wildman–Crippen LogP) is 1.08. The van der Waals surface area contributed by atoms with E-state index in [-0.39, 0.29) is 17.9 Å². The molecule has 1 atom stereocenters. The van der Waals surface area contributed by atoms with Crippen molar-refractivity contribution in [3.8, 4) is 0 Å². The molecular formula is C8H12O3. The standard InChI is InChI=1S/C8H12O3/c1-6(9)4-5-7(2)11-8(3)10/h4-5,7H,1-3H3/b5-4-/t7-/m0/s1. The van der Waals surface area contributed by atoms with E-state index in [2.05, 4.69) is 0 Å². The van der Waals surface area contributed by atoms with Crippen LogP contribution in [0.5, 0.6) is 0 Å². The lowest BCUT2D eigenvalue weighted by Crippen LogP contribution is -2.09. The van der Waals surface area contributed by atoms with E-state index in [1.54, 1.807) is 13.0 Å². The fourth-order valence-corrected chi connectivity index (χ4v) is 0.572. The van der Waals surface area contributed by atoms with E-state index >= 15 is 0 Å². The van der Waals surface area contributed by atoms with E-state index in [1.165, 1.54) is 19.9 Å². The van der Waals surface area contributed by atoms with Crippen LogP contribution >= 0.6 is 0 Å². The molecule has 0 fully saturated rings. The Morgan fingerprint density at radius 2 is 1.91 bits per heavy atom. The topological polar surface area (TPSA) is 43.4 Å². The highest BCUT2D eigenvalue weighted by Crippen LogP contribution is 1.93. The smallest absolute Gasteiger partial charge is 0.303 e. The molecular weight excluding hydrogens is 144 g/mol. The highest BCUT2D eigenvalue weighted by atomic mass is 16.5. The minimum absolute atomic E-state index is 0.0518. The fourth-order valence-electron chi connectivity index (χ4n) is 0.572. The Morgan fingerprint density at radius 1 is 1.36 bits per heavy atom. The largest absolute Gasteiger partial charge is 0.459 e. The van der Waals surface area contributed by atoms with E-state index in [9.17, 15) is 9.59 Å². The van der Waals surface area contributed by atoms with Crippen LogP contribution in [0.25, 0.3) is 0 Å². The maximum absolute atomic E-state index is 10.4. The first-order valence-corrected chi connectivity index (χ1v) is 3.38. The molecule has 0 spiro atoms. The fraction of sp³-hybridized carbons (Fsp3) is 0.500. The average molecular weight is 156 g/mol. The quantitative estimate of drug-likeness (QED) is 0.453. The zero-order valence-corrected chi connectivity index (χ0v) is 6.96. The van der Waals surface area contributed by atoms with E-state index in [4.69, 9.17) is 4.74 Å². The molecule has 11 heavy (non-hydrogen) atoms. The highest BCUT2D eigenvalue weighted by Gasteiger charge is 1.99. The molecule has 0 N–H and O–H groups in total. The van der Waals surface area contributed by atoms with E-state index in [0.29, 0.717) is 0 Å². The normalized spacial score (nSPS) is 13.0. The third kappa shape index (κ3) is 6.77. The molecule has 0 bridgehead atoms. The molecule has 0 amide bonds. The van der Waals surface area contributed by atoms with Crippen LogP contribution in [0.2, 0.25) is 0 Å². The summed E-state index contributed by atoms with van der Waals surface area (Å²) in [5, 5.41) is 0. The van der Waals surface area contributed by atoms with Crippen molar-refractivity contribution in [2.24, 2.45) is 0 Å². The van der Waals surface area contributed by atoms with Crippen LogP contribution in [0.4, 0.5) is 0 Å². The molecule has 0 aromatic carbocycles. The number of hydrogen-bond acceptors (Lipinski definition) is 3.